The second kappa shape index (κ2) is 4.93. The molecule has 0 atom stereocenters. The van der Waals surface area contributed by atoms with Crippen LogP contribution >= 0.6 is 0 Å². The third kappa shape index (κ3) is 2.97. The topological polar surface area (TPSA) is 54.2 Å². The maximum atomic E-state index is 5.32. The summed E-state index contributed by atoms with van der Waals surface area (Å²) in [7, 11) is 2.08. The van der Waals surface area contributed by atoms with E-state index in [0.29, 0.717) is 6.04 Å². The zero-order valence-corrected chi connectivity index (χ0v) is 8.99. The molecule has 0 amide bonds. The van der Waals surface area contributed by atoms with Crippen molar-refractivity contribution in [1.29, 1.82) is 0 Å². The number of anilines is 1. The molecule has 1 aromatic heterocycles. The van der Waals surface area contributed by atoms with Crippen LogP contribution in [-0.2, 0) is 6.54 Å². The summed E-state index contributed by atoms with van der Waals surface area (Å²) in [6, 6.07) is 4.32. The molecule has 0 aliphatic carbocycles. The lowest BCUT2D eigenvalue weighted by atomic mass is 10.2. The summed E-state index contributed by atoms with van der Waals surface area (Å²) in [6.45, 7) is 5.16. The van der Waals surface area contributed by atoms with E-state index >= 15 is 0 Å². The fourth-order valence-electron chi connectivity index (χ4n) is 1.09. The van der Waals surface area contributed by atoms with Crippen molar-refractivity contribution in [2.75, 3.05) is 12.5 Å². The summed E-state index contributed by atoms with van der Waals surface area (Å²) in [4.78, 5) is 6.50. The molecule has 4 nitrogen and oxygen atoms in total. The van der Waals surface area contributed by atoms with Gasteiger partial charge in [-0.3, -0.25) is 15.7 Å². The molecule has 1 heterocycles. The molecule has 0 saturated carbocycles. The van der Waals surface area contributed by atoms with E-state index in [0.717, 1.165) is 17.9 Å². The smallest absolute Gasteiger partial charge is 0.0564 e. The van der Waals surface area contributed by atoms with Crippen LogP contribution < -0.4 is 11.3 Å². The quantitative estimate of drug-likeness (QED) is 0.559. The van der Waals surface area contributed by atoms with Gasteiger partial charge in [0.2, 0.25) is 0 Å². The monoisotopic (exact) mass is 194 g/mol. The SMILES string of the molecule is CC(C)N(C)Cc1cc(NN)ccn1. The normalized spacial score (nSPS) is 11.0. The molecule has 0 aliphatic heterocycles. The molecule has 0 saturated heterocycles. The zero-order valence-electron chi connectivity index (χ0n) is 8.99. The number of nitrogen functional groups attached to an aromatic ring is 1. The standard InChI is InChI=1S/C10H18N4/c1-8(2)14(3)7-10-6-9(13-11)4-5-12-10/h4-6,8H,7,11H2,1-3H3,(H,12,13). The Bertz CT molecular complexity index is 285. The summed E-state index contributed by atoms with van der Waals surface area (Å²) in [5, 5.41) is 0. The highest BCUT2D eigenvalue weighted by molar-refractivity contribution is 5.41. The Morgan fingerprint density at radius 2 is 2.29 bits per heavy atom. The van der Waals surface area contributed by atoms with Gasteiger partial charge in [0.1, 0.15) is 0 Å². The lowest BCUT2D eigenvalue weighted by Crippen LogP contribution is -2.26. The first-order valence-electron chi connectivity index (χ1n) is 4.75. The average Bonchev–Trinajstić information content (AvgIpc) is 2.18. The minimum absolute atomic E-state index is 0.520. The van der Waals surface area contributed by atoms with Crippen molar-refractivity contribution in [2.45, 2.75) is 26.4 Å². The van der Waals surface area contributed by atoms with Gasteiger partial charge in [-0.25, -0.2) is 0 Å². The van der Waals surface area contributed by atoms with Crippen molar-refractivity contribution in [2.24, 2.45) is 5.84 Å². The van der Waals surface area contributed by atoms with E-state index in [9.17, 15) is 0 Å². The van der Waals surface area contributed by atoms with Gasteiger partial charge in [0, 0.05) is 18.8 Å². The third-order valence-corrected chi connectivity index (χ3v) is 2.28. The summed E-state index contributed by atoms with van der Waals surface area (Å²) in [5.74, 6) is 5.32. The van der Waals surface area contributed by atoms with Gasteiger partial charge >= 0.3 is 0 Å². The van der Waals surface area contributed by atoms with Crippen LogP contribution in [-0.4, -0.2) is 23.0 Å². The Kier molecular flexibility index (Phi) is 3.85. The highest BCUT2D eigenvalue weighted by atomic mass is 15.2. The summed E-state index contributed by atoms with van der Waals surface area (Å²) >= 11 is 0. The maximum Gasteiger partial charge on any atom is 0.0564 e. The van der Waals surface area contributed by atoms with Crippen molar-refractivity contribution < 1.29 is 0 Å². The second-order valence-corrected chi connectivity index (χ2v) is 3.69. The lowest BCUT2D eigenvalue weighted by molar-refractivity contribution is 0.263. The Morgan fingerprint density at radius 1 is 1.57 bits per heavy atom. The molecule has 0 spiro atoms. The zero-order chi connectivity index (χ0) is 10.6. The fraction of sp³-hybridized carbons (Fsp3) is 0.500. The number of nitrogens with zero attached hydrogens (tertiary/aromatic N) is 2. The predicted molar refractivity (Wildman–Crippen MR) is 58.7 cm³/mol. The number of rotatable bonds is 4. The van der Waals surface area contributed by atoms with Gasteiger partial charge in [-0.2, -0.15) is 0 Å². The van der Waals surface area contributed by atoms with Gasteiger partial charge < -0.3 is 5.43 Å². The van der Waals surface area contributed by atoms with Crippen LogP contribution in [0.25, 0.3) is 0 Å². The Hall–Kier alpha value is -1.13. The minimum Gasteiger partial charge on any atom is -0.324 e. The first kappa shape index (κ1) is 10.9. The number of nitrogens with one attached hydrogen (secondary N) is 1. The average molecular weight is 194 g/mol. The van der Waals surface area contributed by atoms with Crippen molar-refractivity contribution in [3.05, 3.63) is 24.0 Å². The van der Waals surface area contributed by atoms with E-state index in [2.05, 4.69) is 36.2 Å². The second-order valence-electron chi connectivity index (χ2n) is 3.69. The fourth-order valence-corrected chi connectivity index (χ4v) is 1.09. The largest absolute Gasteiger partial charge is 0.324 e. The maximum absolute atomic E-state index is 5.32. The Labute approximate surface area is 85.1 Å². The van der Waals surface area contributed by atoms with E-state index in [-0.39, 0.29) is 0 Å². The van der Waals surface area contributed by atoms with Gasteiger partial charge in [0.05, 0.1) is 11.4 Å². The molecule has 14 heavy (non-hydrogen) atoms. The van der Waals surface area contributed by atoms with Gasteiger partial charge in [-0.1, -0.05) is 0 Å². The molecule has 0 aromatic carbocycles. The number of hydrogen-bond acceptors (Lipinski definition) is 4. The van der Waals surface area contributed by atoms with Crippen molar-refractivity contribution >= 4 is 5.69 Å². The van der Waals surface area contributed by atoms with E-state index in [1.54, 1.807) is 6.20 Å². The molecule has 78 valence electrons. The van der Waals surface area contributed by atoms with E-state index in [1.807, 2.05) is 12.1 Å². The van der Waals surface area contributed by atoms with Crippen LogP contribution in [0.1, 0.15) is 19.5 Å². The minimum atomic E-state index is 0.520. The number of pyridine rings is 1. The Balaban J connectivity index is 2.66. The Morgan fingerprint density at radius 3 is 2.86 bits per heavy atom. The molecule has 0 bridgehead atoms. The third-order valence-electron chi connectivity index (χ3n) is 2.28. The molecule has 1 rings (SSSR count). The predicted octanol–water partition coefficient (Wildman–Crippen LogP) is 1.21. The summed E-state index contributed by atoms with van der Waals surface area (Å²) in [5.41, 5.74) is 4.53. The van der Waals surface area contributed by atoms with Gasteiger partial charge in [0.15, 0.2) is 0 Å². The molecule has 0 fully saturated rings. The van der Waals surface area contributed by atoms with E-state index < -0.39 is 0 Å². The van der Waals surface area contributed by atoms with Crippen LogP contribution in [0.15, 0.2) is 18.3 Å². The van der Waals surface area contributed by atoms with Crippen molar-refractivity contribution in [1.82, 2.24) is 9.88 Å². The molecule has 3 N–H and O–H groups in total. The van der Waals surface area contributed by atoms with Crippen LogP contribution in [0.3, 0.4) is 0 Å². The number of hydrogen-bond donors (Lipinski definition) is 2. The molecule has 0 radical (unpaired) electrons. The van der Waals surface area contributed by atoms with Crippen LogP contribution in [0.5, 0.6) is 0 Å². The molecule has 4 heteroatoms. The summed E-state index contributed by atoms with van der Waals surface area (Å²) in [6.07, 6.45) is 1.76. The highest BCUT2D eigenvalue weighted by Gasteiger charge is 2.05. The molecular formula is C10H18N4. The molecule has 0 aliphatic rings. The molecule has 0 unspecified atom stereocenters. The van der Waals surface area contributed by atoms with E-state index in [4.69, 9.17) is 5.84 Å². The van der Waals surface area contributed by atoms with Crippen LogP contribution in [0.2, 0.25) is 0 Å². The van der Waals surface area contributed by atoms with Gasteiger partial charge in [-0.15, -0.1) is 0 Å². The van der Waals surface area contributed by atoms with E-state index in [1.165, 1.54) is 0 Å². The summed E-state index contributed by atoms with van der Waals surface area (Å²) < 4.78 is 0. The number of hydrazine groups is 1. The first-order chi connectivity index (χ1) is 6.63. The van der Waals surface area contributed by atoms with Crippen molar-refractivity contribution in [3.8, 4) is 0 Å². The van der Waals surface area contributed by atoms with Crippen LogP contribution in [0.4, 0.5) is 5.69 Å². The highest BCUT2D eigenvalue weighted by Crippen LogP contribution is 2.08. The van der Waals surface area contributed by atoms with Crippen molar-refractivity contribution in [3.63, 3.8) is 0 Å². The molecular weight excluding hydrogens is 176 g/mol. The molecule has 1 aromatic rings. The first-order valence-corrected chi connectivity index (χ1v) is 4.75. The van der Waals surface area contributed by atoms with Gasteiger partial charge in [0.25, 0.3) is 0 Å². The number of aromatic nitrogens is 1. The number of nitrogens with two attached hydrogens (primary N) is 1. The lowest BCUT2D eigenvalue weighted by Gasteiger charge is -2.20. The van der Waals surface area contributed by atoms with Gasteiger partial charge in [-0.05, 0) is 33.0 Å². The van der Waals surface area contributed by atoms with Crippen LogP contribution in [0, 0.1) is 0 Å².